The Balaban J connectivity index is 2.27. The van der Waals surface area contributed by atoms with E-state index in [1.807, 2.05) is 24.3 Å². The van der Waals surface area contributed by atoms with Crippen molar-refractivity contribution >= 4 is 11.6 Å². The zero-order valence-corrected chi connectivity index (χ0v) is 9.48. The Morgan fingerprint density at radius 2 is 1.94 bits per heavy atom. The summed E-state index contributed by atoms with van der Waals surface area (Å²) in [7, 11) is 0. The highest BCUT2D eigenvalue weighted by molar-refractivity contribution is 6.30. The van der Waals surface area contributed by atoms with E-state index in [0.717, 1.165) is 17.5 Å². The molecule has 82 valence electrons. The van der Waals surface area contributed by atoms with Crippen molar-refractivity contribution in [3.63, 3.8) is 0 Å². The lowest BCUT2D eigenvalue weighted by atomic mass is 10.2. The monoisotopic (exact) mass is 233 g/mol. The lowest BCUT2D eigenvalue weighted by molar-refractivity contribution is 0.943. The van der Waals surface area contributed by atoms with Crippen molar-refractivity contribution in [3.8, 4) is 11.4 Å². The van der Waals surface area contributed by atoms with Crippen LogP contribution in [0.3, 0.4) is 0 Å². The van der Waals surface area contributed by atoms with Gasteiger partial charge in [0.1, 0.15) is 0 Å². The van der Waals surface area contributed by atoms with E-state index in [2.05, 4.69) is 9.97 Å². The molecule has 0 spiro atoms. The predicted molar refractivity (Wildman–Crippen MR) is 65.2 cm³/mol. The van der Waals surface area contributed by atoms with E-state index >= 15 is 0 Å². The summed E-state index contributed by atoms with van der Waals surface area (Å²) in [5.74, 6) is 0.684. The van der Waals surface area contributed by atoms with Crippen molar-refractivity contribution in [1.82, 2.24) is 9.97 Å². The Morgan fingerprint density at radius 1 is 1.19 bits per heavy atom. The summed E-state index contributed by atoms with van der Waals surface area (Å²) in [5, 5.41) is 0.687. The van der Waals surface area contributed by atoms with Gasteiger partial charge in [0.15, 0.2) is 5.82 Å². The molecule has 0 aliphatic rings. The molecule has 0 bridgehead atoms. The van der Waals surface area contributed by atoms with Gasteiger partial charge in [-0.2, -0.15) is 0 Å². The Labute approximate surface area is 99.3 Å². The number of aromatic nitrogens is 2. The molecule has 16 heavy (non-hydrogen) atoms. The second kappa shape index (κ2) is 5.05. The topological polar surface area (TPSA) is 51.8 Å². The highest BCUT2D eigenvalue weighted by atomic mass is 35.5. The molecule has 2 N–H and O–H groups in total. The van der Waals surface area contributed by atoms with E-state index in [0.29, 0.717) is 17.4 Å². The molecular weight excluding hydrogens is 222 g/mol. The Kier molecular flexibility index (Phi) is 3.49. The van der Waals surface area contributed by atoms with Crippen LogP contribution >= 0.6 is 11.6 Å². The molecule has 2 rings (SSSR count). The van der Waals surface area contributed by atoms with Crippen LogP contribution < -0.4 is 5.73 Å². The van der Waals surface area contributed by atoms with E-state index in [1.54, 1.807) is 12.4 Å². The molecule has 2 aromatic rings. The highest BCUT2D eigenvalue weighted by Gasteiger charge is 2.01. The van der Waals surface area contributed by atoms with E-state index in [1.165, 1.54) is 0 Å². The maximum Gasteiger partial charge on any atom is 0.159 e. The maximum atomic E-state index is 5.90. The first-order valence-electron chi connectivity index (χ1n) is 5.06. The molecule has 3 nitrogen and oxygen atoms in total. The van der Waals surface area contributed by atoms with Crippen molar-refractivity contribution in [2.75, 3.05) is 6.54 Å². The molecule has 0 aliphatic heterocycles. The first-order valence-corrected chi connectivity index (χ1v) is 5.44. The number of halogens is 1. The molecule has 0 saturated carbocycles. The number of nitrogens with zero attached hydrogens (tertiary/aromatic N) is 2. The van der Waals surface area contributed by atoms with Crippen LogP contribution in [0.25, 0.3) is 11.4 Å². The minimum Gasteiger partial charge on any atom is -0.330 e. The average Bonchev–Trinajstić information content (AvgIpc) is 2.30. The molecule has 0 fully saturated rings. The SMILES string of the molecule is NCCc1cnc(-c2cccc(Cl)c2)nc1. The minimum absolute atomic E-state index is 0.611. The summed E-state index contributed by atoms with van der Waals surface area (Å²) in [6, 6.07) is 7.49. The molecule has 0 atom stereocenters. The van der Waals surface area contributed by atoms with Gasteiger partial charge in [-0.25, -0.2) is 9.97 Å². The van der Waals surface area contributed by atoms with Crippen LogP contribution in [0.15, 0.2) is 36.7 Å². The van der Waals surface area contributed by atoms with Crippen molar-refractivity contribution in [3.05, 3.63) is 47.2 Å². The molecule has 0 aliphatic carbocycles. The largest absolute Gasteiger partial charge is 0.330 e. The summed E-state index contributed by atoms with van der Waals surface area (Å²) >= 11 is 5.90. The molecule has 1 aromatic carbocycles. The molecule has 0 amide bonds. The summed E-state index contributed by atoms with van der Waals surface area (Å²) in [6.45, 7) is 0.611. The van der Waals surface area contributed by atoms with Gasteiger partial charge in [-0.1, -0.05) is 23.7 Å². The van der Waals surface area contributed by atoms with Gasteiger partial charge in [0, 0.05) is 23.0 Å². The van der Waals surface area contributed by atoms with Gasteiger partial charge < -0.3 is 5.73 Å². The number of rotatable bonds is 3. The molecule has 1 heterocycles. The first-order chi connectivity index (χ1) is 7.79. The normalized spacial score (nSPS) is 10.4. The molecular formula is C12H12ClN3. The van der Waals surface area contributed by atoms with Crippen molar-refractivity contribution in [2.45, 2.75) is 6.42 Å². The third kappa shape index (κ3) is 2.56. The van der Waals surface area contributed by atoms with Crippen molar-refractivity contribution in [2.24, 2.45) is 5.73 Å². The van der Waals surface area contributed by atoms with Gasteiger partial charge in [-0.15, -0.1) is 0 Å². The summed E-state index contributed by atoms with van der Waals surface area (Å²) in [6.07, 6.45) is 4.40. The lowest BCUT2D eigenvalue weighted by Gasteiger charge is -2.02. The number of hydrogen-bond donors (Lipinski definition) is 1. The number of nitrogens with two attached hydrogens (primary N) is 1. The second-order valence-electron chi connectivity index (χ2n) is 3.46. The third-order valence-corrected chi connectivity index (χ3v) is 2.46. The van der Waals surface area contributed by atoms with Crippen LogP contribution in [-0.2, 0) is 6.42 Å². The molecule has 1 aromatic heterocycles. The van der Waals surface area contributed by atoms with Crippen LogP contribution in [0, 0.1) is 0 Å². The van der Waals surface area contributed by atoms with Gasteiger partial charge in [0.05, 0.1) is 0 Å². The van der Waals surface area contributed by atoms with E-state index in [-0.39, 0.29) is 0 Å². The third-order valence-electron chi connectivity index (χ3n) is 2.22. The van der Waals surface area contributed by atoms with Gasteiger partial charge in [-0.3, -0.25) is 0 Å². The number of hydrogen-bond acceptors (Lipinski definition) is 3. The maximum absolute atomic E-state index is 5.90. The van der Waals surface area contributed by atoms with E-state index < -0.39 is 0 Å². The van der Waals surface area contributed by atoms with Crippen molar-refractivity contribution in [1.29, 1.82) is 0 Å². The molecule has 4 heteroatoms. The smallest absolute Gasteiger partial charge is 0.159 e. The van der Waals surface area contributed by atoms with Gasteiger partial charge in [0.25, 0.3) is 0 Å². The van der Waals surface area contributed by atoms with Crippen LogP contribution in [-0.4, -0.2) is 16.5 Å². The molecule has 0 saturated heterocycles. The van der Waals surface area contributed by atoms with Crippen LogP contribution in [0.4, 0.5) is 0 Å². The van der Waals surface area contributed by atoms with Gasteiger partial charge in [-0.05, 0) is 30.7 Å². The van der Waals surface area contributed by atoms with Gasteiger partial charge >= 0.3 is 0 Å². The Hall–Kier alpha value is -1.45. The second-order valence-corrected chi connectivity index (χ2v) is 3.90. The Morgan fingerprint density at radius 3 is 2.56 bits per heavy atom. The number of benzene rings is 1. The fraction of sp³-hybridized carbons (Fsp3) is 0.167. The van der Waals surface area contributed by atoms with Crippen LogP contribution in [0.1, 0.15) is 5.56 Å². The zero-order valence-electron chi connectivity index (χ0n) is 8.73. The average molecular weight is 234 g/mol. The lowest BCUT2D eigenvalue weighted by Crippen LogP contribution is -2.03. The standard InChI is InChI=1S/C12H12ClN3/c13-11-3-1-2-10(6-11)12-15-7-9(4-5-14)8-16-12/h1-3,6-8H,4-5,14H2. The van der Waals surface area contributed by atoms with Crippen LogP contribution in [0.2, 0.25) is 5.02 Å². The van der Waals surface area contributed by atoms with E-state index in [4.69, 9.17) is 17.3 Å². The fourth-order valence-corrected chi connectivity index (χ4v) is 1.62. The minimum atomic E-state index is 0.611. The predicted octanol–water partition coefficient (Wildman–Crippen LogP) is 2.30. The van der Waals surface area contributed by atoms with Gasteiger partial charge in [0.2, 0.25) is 0 Å². The summed E-state index contributed by atoms with van der Waals surface area (Å²) in [4.78, 5) is 8.57. The summed E-state index contributed by atoms with van der Waals surface area (Å²) in [5.41, 5.74) is 7.43. The first kappa shape index (κ1) is 11.0. The Bertz CT molecular complexity index is 468. The zero-order chi connectivity index (χ0) is 11.4. The highest BCUT2D eigenvalue weighted by Crippen LogP contribution is 2.18. The quantitative estimate of drug-likeness (QED) is 0.885. The molecule has 0 unspecified atom stereocenters. The summed E-state index contributed by atoms with van der Waals surface area (Å²) < 4.78 is 0. The van der Waals surface area contributed by atoms with Crippen LogP contribution in [0.5, 0.6) is 0 Å². The van der Waals surface area contributed by atoms with E-state index in [9.17, 15) is 0 Å². The fourth-order valence-electron chi connectivity index (χ4n) is 1.43. The van der Waals surface area contributed by atoms with Crippen molar-refractivity contribution < 1.29 is 0 Å². The molecule has 0 radical (unpaired) electrons.